The van der Waals surface area contributed by atoms with Gasteiger partial charge in [-0.2, -0.15) is 0 Å². The molecular weight excluding hydrogens is 520 g/mol. The average Bonchev–Trinajstić information content (AvgIpc) is 2.92. The molecule has 12 heteroatoms. The monoisotopic (exact) mass is 572 g/mol. The molecule has 1 unspecified atom stereocenters. The molecule has 12 nitrogen and oxygen atoms in total. The van der Waals surface area contributed by atoms with E-state index in [9.17, 15) is 24.0 Å². The number of hydrogen-bond acceptors (Lipinski definition) is 8. The van der Waals surface area contributed by atoms with Crippen molar-refractivity contribution in [1.82, 2.24) is 16.0 Å². The van der Waals surface area contributed by atoms with Crippen LogP contribution in [-0.2, 0) is 33.4 Å². The molecule has 40 heavy (non-hydrogen) atoms. The topological polar surface area (TPSA) is 186 Å². The van der Waals surface area contributed by atoms with Gasteiger partial charge in [-0.05, 0) is 45.1 Å². The van der Waals surface area contributed by atoms with E-state index in [2.05, 4.69) is 16.0 Å². The molecule has 0 heterocycles. The summed E-state index contributed by atoms with van der Waals surface area (Å²) in [5, 5.41) is 16.9. The number of carboxylic acids is 1. The SMILES string of the molecule is NCCCCC(NC(=O)COCCOCCNC(=O)CCCC(=O)O)C(=O)NCCCCCCCCCCC=O. The van der Waals surface area contributed by atoms with Crippen molar-refractivity contribution in [3.05, 3.63) is 0 Å². The number of aliphatic carboxylic acids is 1. The Bertz CT molecular complexity index is 693. The first kappa shape index (κ1) is 37.4. The molecule has 0 radical (unpaired) electrons. The van der Waals surface area contributed by atoms with Gasteiger partial charge in [-0.1, -0.05) is 38.5 Å². The Morgan fingerprint density at radius 3 is 2.08 bits per heavy atom. The first-order valence-corrected chi connectivity index (χ1v) is 14.8. The molecule has 1 atom stereocenters. The largest absolute Gasteiger partial charge is 0.481 e. The summed E-state index contributed by atoms with van der Waals surface area (Å²) >= 11 is 0. The number of rotatable bonds is 29. The van der Waals surface area contributed by atoms with Crippen LogP contribution in [0.5, 0.6) is 0 Å². The van der Waals surface area contributed by atoms with Crippen LogP contribution in [-0.4, -0.2) is 87.2 Å². The standard InChI is InChI=1S/C28H52N4O8/c29-16-9-8-13-24(28(38)31-17-10-6-4-2-1-3-5-7-11-19-33)32-26(35)23-40-22-21-39-20-18-30-25(34)14-12-15-27(36)37/h19,24H,1-18,20-23,29H2,(H,30,34)(H,31,38)(H,32,35)(H,36,37). The molecule has 6 N–H and O–H groups in total. The van der Waals surface area contributed by atoms with E-state index in [-0.39, 0.29) is 57.0 Å². The molecule has 0 fully saturated rings. The van der Waals surface area contributed by atoms with E-state index in [1.165, 1.54) is 6.42 Å². The number of carbonyl (C=O) groups excluding carboxylic acids is 4. The van der Waals surface area contributed by atoms with Crippen molar-refractivity contribution in [2.24, 2.45) is 5.73 Å². The molecule has 0 aromatic carbocycles. The van der Waals surface area contributed by atoms with Crippen molar-refractivity contribution < 1.29 is 38.6 Å². The van der Waals surface area contributed by atoms with Crippen molar-refractivity contribution in [3.8, 4) is 0 Å². The Morgan fingerprint density at radius 2 is 1.40 bits per heavy atom. The maximum atomic E-state index is 12.6. The minimum atomic E-state index is -0.928. The second kappa shape index (κ2) is 28.0. The second-order valence-corrected chi connectivity index (χ2v) is 9.74. The smallest absolute Gasteiger partial charge is 0.303 e. The summed E-state index contributed by atoms with van der Waals surface area (Å²) in [6, 6.07) is -0.635. The number of ether oxygens (including phenoxy) is 2. The summed E-state index contributed by atoms with van der Waals surface area (Å²) in [5.74, 6) is -1.73. The summed E-state index contributed by atoms with van der Waals surface area (Å²) in [7, 11) is 0. The predicted octanol–water partition coefficient (Wildman–Crippen LogP) is 1.83. The lowest BCUT2D eigenvalue weighted by Gasteiger charge is -2.18. The fourth-order valence-corrected chi connectivity index (χ4v) is 3.88. The molecule has 0 saturated heterocycles. The molecule has 232 valence electrons. The Balaban J connectivity index is 3.97. The van der Waals surface area contributed by atoms with E-state index in [0.29, 0.717) is 38.9 Å². The molecule has 0 aliphatic carbocycles. The molecular formula is C28H52N4O8. The maximum Gasteiger partial charge on any atom is 0.303 e. The molecule has 0 rings (SSSR count). The van der Waals surface area contributed by atoms with E-state index in [4.69, 9.17) is 20.3 Å². The molecule has 0 aliphatic rings. The number of amides is 3. The van der Waals surface area contributed by atoms with Crippen LogP contribution >= 0.6 is 0 Å². The number of carbonyl (C=O) groups is 5. The average molecular weight is 573 g/mol. The number of nitrogens with one attached hydrogen (secondary N) is 3. The van der Waals surface area contributed by atoms with Gasteiger partial charge in [-0.15, -0.1) is 0 Å². The van der Waals surface area contributed by atoms with Gasteiger partial charge in [0.25, 0.3) is 0 Å². The van der Waals surface area contributed by atoms with Crippen LogP contribution in [0.1, 0.15) is 96.3 Å². The lowest BCUT2D eigenvalue weighted by molar-refractivity contribution is -0.137. The number of unbranched alkanes of at least 4 members (excludes halogenated alkanes) is 9. The molecule has 0 spiro atoms. The van der Waals surface area contributed by atoms with Crippen LogP contribution in [0, 0.1) is 0 Å². The van der Waals surface area contributed by atoms with Gasteiger partial charge in [-0.3, -0.25) is 19.2 Å². The number of hydrogen-bond donors (Lipinski definition) is 5. The highest BCUT2D eigenvalue weighted by atomic mass is 16.5. The summed E-state index contributed by atoms with van der Waals surface area (Å²) in [4.78, 5) is 57.2. The number of aldehydes is 1. The van der Waals surface area contributed by atoms with Crippen LogP contribution in [0.4, 0.5) is 0 Å². The van der Waals surface area contributed by atoms with Crippen LogP contribution in [0.3, 0.4) is 0 Å². The van der Waals surface area contributed by atoms with Gasteiger partial charge in [0, 0.05) is 32.4 Å². The van der Waals surface area contributed by atoms with Crippen molar-refractivity contribution in [2.75, 3.05) is 46.1 Å². The molecule has 0 aromatic rings. The van der Waals surface area contributed by atoms with Gasteiger partial charge in [0.05, 0.1) is 19.8 Å². The third-order valence-electron chi connectivity index (χ3n) is 6.11. The van der Waals surface area contributed by atoms with Crippen molar-refractivity contribution in [2.45, 2.75) is 102 Å². The normalized spacial score (nSPS) is 11.5. The van der Waals surface area contributed by atoms with E-state index in [0.717, 1.165) is 64.1 Å². The van der Waals surface area contributed by atoms with E-state index < -0.39 is 12.0 Å². The van der Waals surface area contributed by atoms with Crippen molar-refractivity contribution in [3.63, 3.8) is 0 Å². The Kier molecular flexibility index (Phi) is 26.2. The summed E-state index contributed by atoms with van der Waals surface area (Å²) in [6.07, 6.45) is 12.6. The highest BCUT2D eigenvalue weighted by Crippen LogP contribution is 2.09. The van der Waals surface area contributed by atoms with Gasteiger partial charge < -0.3 is 41.1 Å². The van der Waals surface area contributed by atoms with Crippen LogP contribution in [0.25, 0.3) is 0 Å². The lowest BCUT2D eigenvalue weighted by atomic mass is 10.1. The van der Waals surface area contributed by atoms with Gasteiger partial charge in [0.2, 0.25) is 17.7 Å². The van der Waals surface area contributed by atoms with E-state index >= 15 is 0 Å². The van der Waals surface area contributed by atoms with Gasteiger partial charge >= 0.3 is 5.97 Å². The van der Waals surface area contributed by atoms with Crippen LogP contribution in [0.15, 0.2) is 0 Å². The zero-order valence-electron chi connectivity index (χ0n) is 24.1. The Morgan fingerprint density at radius 1 is 0.725 bits per heavy atom. The molecule has 0 bridgehead atoms. The maximum absolute atomic E-state index is 12.6. The highest BCUT2D eigenvalue weighted by Gasteiger charge is 2.20. The summed E-state index contributed by atoms with van der Waals surface area (Å²) < 4.78 is 10.7. The molecule has 0 saturated carbocycles. The third-order valence-corrected chi connectivity index (χ3v) is 6.11. The minimum Gasteiger partial charge on any atom is -0.481 e. The first-order valence-electron chi connectivity index (χ1n) is 14.8. The number of nitrogens with two attached hydrogens (primary N) is 1. The Labute approximate surface area is 238 Å². The summed E-state index contributed by atoms with van der Waals surface area (Å²) in [5.41, 5.74) is 5.57. The van der Waals surface area contributed by atoms with Crippen LogP contribution < -0.4 is 21.7 Å². The van der Waals surface area contributed by atoms with Gasteiger partial charge in [0.1, 0.15) is 18.9 Å². The number of carboxylic acid groups (broad SMARTS) is 1. The molecule has 0 aromatic heterocycles. The highest BCUT2D eigenvalue weighted by molar-refractivity contribution is 5.88. The zero-order valence-corrected chi connectivity index (χ0v) is 24.1. The van der Waals surface area contributed by atoms with Gasteiger partial charge in [0.15, 0.2) is 0 Å². The quantitative estimate of drug-likeness (QED) is 0.0658. The predicted molar refractivity (Wildman–Crippen MR) is 152 cm³/mol. The zero-order chi connectivity index (χ0) is 29.7. The fourth-order valence-electron chi connectivity index (χ4n) is 3.88. The van der Waals surface area contributed by atoms with Crippen molar-refractivity contribution in [1.29, 1.82) is 0 Å². The molecule has 0 aliphatic heterocycles. The van der Waals surface area contributed by atoms with Crippen molar-refractivity contribution >= 4 is 30.0 Å². The van der Waals surface area contributed by atoms with E-state index in [1.54, 1.807) is 0 Å². The van der Waals surface area contributed by atoms with E-state index in [1.807, 2.05) is 0 Å². The fraction of sp³-hybridized carbons (Fsp3) is 0.821. The second-order valence-electron chi connectivity index (χ2n) is 9.74. The van der Waals surface area contributed by atoms with Crippen LogP contribution in [0.2, 0.25) is 0 Å². The first-order chi connectivity index (χ1) is 19.4. The third kappa shape index (κ3) is 25.7. The van der Waals surface area contributed by atoms with Gasteiger partial charge in [-0.25, -0.2) is 0 Å². The minimum absolute atomic E-state index is 0.0410. The molecule has 3 amide bonds. The lowest BCUT2D eigenvalue weighted by Crippen LogP contribution is -2.48. The summed E-state index contributed by atoms with van der Waals surface area (Å²) in [6.45, 7) is 1.89. The Hall–Kier alpha value is -2.57.